The first kappa shape index (κ1) is 17.0. The van der Waals surface area contributed by atoms with Gasteiger partial charge in [-0.3, -0.25) is 9.10 Å². The van der Waals surface area contributed by atoms with Crippen LogP contribution in [0.4, 0.5) is 10.1 Å². The SMILES string of the molecule is CNC(=O)CN(c1ccc(C)cc1)S(=O)(=O)c1ccc(F)cc1. The number of anilines is 1. The molecule has 2 aromatic rings. The summed E-state index contributed by atoms with van der Waals surface area (Å²) in [6, 6.07) is 11.3. The normalized spacial score (nSPS) is 11.1. The molecule has 2 rings (SSSR count). The van der Waals surface area contributed by atoms with Gasteiger partial charge in [0.2, 0.25) is 5.91 Å². The number of hydrogen-bond donors (Lipinski definition) is 1. The molecular weight excluding hydrogens is 319 g/mol. The maximum Gasteiger partial charge on any atom is 0.264 e. The first-order chi connectivity index (χ1) is 10.8. The van der Waals surface area contributed by atoms with Crippen LogP contribution in [-0.2, 0) is 14.8 Å². The Balaban J connectivity index is 2.49. The van der Waals surface area contributed by atoms with Crippen molar-refractivity contribution in [2.24, 2.45) is 0 Å². The number of amides is 1. The zero-order valence-corrected chi connectivity index (χ0v) is 13.6. The predicted molar refractivity (Wildman–Crippen MR) is 86.2 cm³/mol. The zero-order valence-electron chi connectivity index (χ0n) is 12.8. The minimum Gasteiger partial charge on any atom is -0.358 e. The van der Waals surface area contributed by atoms with Gasteiger partial charge in [-0.15, -0.1) is 0 Å². The highest BCUT2D eigenvalue weighted by molar-refractivity contribution is 7.92. The maximum atomic E-state index is 13.0. The van der Waals surface area contributed by atoms with Crippen LogP contribution in [0.15, 0.2) is 53.4 Å². The van der Waals surface area contributed by atoms with E-state index in [0.717, 1.165) is 22.0 Å². The molecule has 0 fully saturated rings. The third-order valence-corrected chi connectivity index (χ3v) is 5.08. The summed E-state index contributed by atoms with van der Waals surface area (Å²) in [6.07, 6.45) is 0. The van der Waals surface area contributed by atoms with Crippen LogP contribution in [0.5, 0.6) is 0 Å². The lowest BCUT2D eigenvalue weighted by molar-refractivity contribution is -0.119. The summed E-state index contributed by atoms with van der Waals surface area (Å²) in [5.74, 6) is -0.978. The van der Waals surface area contributed by atoms with Gasteiger partial charge in [-0.2, -0.15) is 0 Å². The number of carbonyl (C=O) groups is 1. The van der Waals surface area contributed by atoms with Crippen LogP contribution in [0.3, 0.4) is 0 Å². The molecule has 23 heavy (non-hydrogen) atoms. The number of hydrogen-bond acceptors (Lipinski definition) is 3. The number of benzene rings is 2. The molecule has 0 radical (unpaired) electrons. The van der Waals surface area contributed by atoms with Crippen molar-refractivity contribution in [3.8, 4) is 0 Å². The highest BCUT2D eigenvalue weighted by atomic mass is 32.2. The van der Waals surface area contributed by atoms with Crippen molar-refractivity contribution in [1.29, 1.82) is 0 Å². The summed E-state index contributed by atoms with van der Waals surface area (Å²) in [5, 5.41) is 2.40. The third kappa shape index (κ3) is 3.87. The lowest BCUT2D eigenvalue weighted by atomic mass is 10.2. The topological polar surface area (TPSA) is 66.5 Å². The van der Waals surface area contributed by atoms with Gasteiger partial charge < -0.3 is 5.32 Å². The molecule has 0 saturated carbocycles. The summed E-state index contributed by atoms with van der Waals surface area (Å²) in [6.45, 7) is 1.51. The molecule has 0 spiro atoms. The maximum absolute atomic E-state index is 13.0. The van der Waals surface area contributed by atoms with Crippen LogP contribution in [0, 0.1) is 12.7 Å². The Morgan fingerprint density at radius 1 is 1.09 bits per heavy atom. The highest BCUT2D eigenvalue weighted by Gasteiger charge is 2.26. The smallest absolute Gasteiger partial charge is 0.264 e. The van der Waals surface area contributed by atoms with Crippen molar-refractivity contribution in [1.82, 2.24) is 5.32 Å². The second-order valence-electron chi connectivity index (χ2n) is 4.97. The molecule has 0 aliphatic carbocycles. The first-order valence-corrected chi connectivity index (χ1v) is 8.34. The Hall–Kier alpha value is -2.41. The molecule has 0 saturated heterocycles. The Bertz CT molecular complexity index is 787. The average molecular weight is 336 g/mol. The first-order valence-electron chi connectivity index (χ1n) is 6.90. The molecular formula is C16H17FN2O3S. The Morgan fingerprint density at radius 2 is 1.65 bits per heavy atom. The van der Waals surface area contributed by atoms with E-state index in [4.69, 9.17) is 0 Å². The molecule has 0 heterocycles. The number of sulfonamides is 1. The quantitative estimate of drug-likeness (QED) is 0.909. The predicted octanol–water partition coefficient (Wildman–Crippen LogP) is 2.08. The zero-order chi connectivity index (χ0) is 17.0. The van der Waals surface area contributed by atoms with E-state index in [1.165, 1.54) is 19.2 Å². The molecule has 2 aromatic carbocycles. The van der Waals surface area contributed by atoms with Crippen molar-refractivity contribution in [2.45, 2.75) is 11.8 Å². The van der Waals surface area contributed by atoms with E-state index in [-0.39, 0.29) is 11.4 Å². The van der Waals surface area contributed by atoms with Gasteiger partial charge in [0, 0.05) is 7.05 Å². The van der Waals surface area contributed by atoms with Crippen LogP contribution in [-0.4, -0.2) is 27.9 Å². The summed E-state index contributed by atoms with van der Waals surface area (Å²) in [5.41, 5.74) is 1.33. The minimum atomic E-state index is -3.98. The van der Waals surface area contributed by atoms with Crippen LogP contribution < -0.4 is 9.62 Å². The molecule has 0 atom stereocenters. The number of halogens is 1. The van der Waals surface area contributed by atoms with E-state index < -0.39 is 21.7 Å². The summed E-state index contributed by atoms with van der Waals surface area (Å²) in [7, 11) is -2.55. The molecule has 0 unspecified atom stereocenters. The van der Waals surface area contributed by atoms with E-state index in [1.54, 1.807) is 24.3 Å². The molecule has 0 bridgehead atoms. The van der Waals surface area contributed by atoms with Crippen LogP contribution in [0.2, 0.25) is 0 Å². The molecule has 1 N–H and O–H groups in total. The minimum absolute atomic E-state index is 0.0802. The summed E-state index contributed by atoms with van der Waals surface area (Å²) < 4.78 is 39.6. The van der Waals surface area contributed by atoms with Crippen molar-refractivity contribution < 1.29 is 17.6 Å². The number of rotatable bonds is 5. The van der Waals surface area contributed by atoms with E-state index >= 15 is 0 Å². The number of nitrogens with one attached hydrogen (secondary N) is 1. The fourth-order valence-electron chi connectivity index (χ4n) is 1.97. The standard InChI is InChI=1S/C16H17FN2O3S/c1-12-3-7-14(8-4-12)19(11-16(20)18-2)23(21,22)15-9-5-13(17)6-10-15/h3-10H,11H2,1-2H3,(H,18,20). The average Bonchev–Trinajstić information content (AvgIpc) is 2.53. The van der Waals surface area contributed by atoms with Gasteiger partial charge >= 0.3 is 0 Å². The van der Waals surface area contributed by atoms with Crippen molar-refractivity contribution in [3.05, 3.63) is 59.9 Å². The molecule has 0 aliphatic heterocycles. The van der Waals surface area contributed by atoms with Crippen LogP contribution >= 0.6 is 0 Å². The number of aryl methyl sites for hydroxylation is 1. The second kappa shape index (κ2) is 6.78. The fraction of sp³-hybridized carbons (Fsp3) is 0.188. The second-order valence-corrected chi connectivity index (χ2v) is 6.84. The molecule has 7 heteroatoms. The van der Waals surface area contributed by atoms with Gasteiger partial charge in [0.15, 0.2) is 0 Å². The molecule has 5 nitrogen and oxygen atoms in total. The lowest BCUT2D eigenvalue weighted by Crippen LogP contribution is -2.39. The van der Waals surface area contributed by atoms with E-state index in [0.29, 0.717) is 5.69 Å². The number of likely N-dealkylation sites (N-methyl/N-ethyl adjacent to an activating group) is 1. The largest absolute Gasteiger partial charge is 0.358 e. The van der Waals surface area contributed by atoms with Crippen LogP contribution in [0.1, 0.15) is 5.56 Å². The van der Waals surface area contributed by atoms with E-state index in [2.05, 4.69) is 5.32 Å². The third-order valence-electron chi connectivity index (χ3n) is 3.29. The van der Waals surface area contributed by atoms with E-state index in [1.807, 2.05) is 6.92 Å². The summed E-state index contributed by atoms with van der Waals surface area (Å²) >= 11 is 0. The Kier molecular flexibility index (Phi) is 5.00. The van der Waals surface area contributed by atoms with Gasteiger partial charge in [-0.25, -0.2) is 12.8 Å². The van der Waals surface area contributed by atoms with Crippen molar-refractivity contribution in [2.75, 3.05) is 17.9 Å². The van der Waals surface area contributed by atoms with Gasteiger partial charge in [0.05, 0.1) is 10.6 Å². The summed E-state index contributed by atoms with van der Waals surface area (Å²) in [4.78, 5) is 11.6. The van der Waals surface area contributed by atoms with Crippen molar-refractivity contribution >= 4 is 21.6 Å². The number of carbonyl (C=O) groups excluding carboxylic acids is 1. The molecule has 122 valence electrons. The molecule has 1 amide bonds. The monoisotopic (exact) mass is 336 g/mol. The van der Waals surface area contributed by atoms with Crippen molar-refractivity contribution in [3.63, 3.8) is 0 Å². The Morgan fingerprint density at radius 3 is 2.17 bits per heavy atom. The van der Waals surface area contributed by atoms with Gasteiger partial charge in [-0.05, 0) is 43.3 Å². The molecule has 0 aromatic heterocycles. The fourth-order valence-corrected chi connectivity index (χ4v) is 3.39. The van der Waals surface area contributed by atoms with Gasteiger partial charge in [0.25, 0.3) is 10.0 Å². The van der Waals surface area contributed by atoms with Gasteiger partial charge in [0.1, 0.15) is 12.4 Å². The lowest BCUT2D eigenvalue weighted by Gasteiger charge is -2.24. The van der Waals surface area contributed by atoms with E-state index in [9.17, 15) is 17.6 Å². The molecule has 0 aliphatic rings. The number of nitrogens with zero attached hydrogens (tertiary/aromatic N) is 1. The van der Waals surface area contributed by atoms with Gasteiger partial charge in [-0.1, -0.05) is 17.7 Å². The highest BCUT2D eigenvalue weighted by Crippen LogP contribution is 2.24. The Labute approximate surface area is 134 Å². The van der Waals surface area contributed by atoms with Crippen LogP contribution in [0.25, 0.3) is 0 Å².